The van der Waals surface area contributed by atoms with Gasteiger partial charge in [0.1, 0.15) is 5.60 Å². The molecule has 0 atom stereocenters. The molecule has 1 saturated carbocycles. The molecule has 182 valence electrons. The fourth-order valence-electron chi connectivity index (χ4n) is 4.96. The lowest BCUT2D eigenvalue weighted by Gasteiger charge is -2.23. The number of unbranched alkanes of at least 4 members (excludes halogenated alkanes) is 14. The molecule has 0 unspecified atom stereocenters. The van der Waals surface area contributed by atoms with Gasteiger partial charge in [-0.05, 0) is 32.1 Å². The fourth-order valence-corrected chi connectivity index (χ4v) is 4.96. The van der Waals surface area contributed by atoms with Crippen LogP contribution in [0, 0.1) is 11.8 Å². The zero-order chi connectivity index (χ0) is 22.3. The quantitative estimate of drug-likeness (QED) is 0.214. The van der Waals surface area contributed by atoms with E-state index in [-0.39, 0.29) is 0 Å². The van der Waals surface area contributed by atoms with Crippen LogP contribution in [0.5, 0.6) is 0 Å². The van der Waals surface area contributed by atoms with Gasteiger partial charge in [-0.25, -0.2) is 0 Å². The number of rotatable bonds is 14. The lowest BCUT2D eigenvalue weighted by atomic mass is 9.89. The van der Waals surface area contributed by atoms with E-state index in [1.807, 2.05) is 0 Å². The molecule has 1 N–H and O–H groups in total. The minimum Gasteiger partial charge on any atom is -0.378 e. The third-order valence-electron chi connectivity index (χ3n) is 7.16. The van der Waals surface area contributed by atoms with E-state index in [0.29, 0.717) is 0 Å². The van der Waals surface area contributed by atoms with Gasteiger partial charge < -0.3 is 5.11 Å². The smallest absolute Gasteiger partial charge is 0.125 e. The van der Waals surface area contributed by atoms with Crippen molar-refractivity contribution in [3.8, 4) is 11.8 Å². The normalized spacial score (nSPS) is 17.9. The van der Waals surface area contributed by atoms with E-state index >= 15 is 0 Å². The summed E-state index contributed by atoms with van der Waals surface area (Å²) in [7, 11) is 0. The van der Waals surface area contributed by atoms with Gasteiger partial charge in [0.25, 0.3) is 0 Å². The van der Waals surface area contributed by atoms with E-state index in [1.165, 1.54) is 135 Å². The van der Waals surface area contributed by atoms with Crippen molar-refractivity contribution in [3.63, 3.8) is 0 Å². The highest BCUT2D eigenvalue weighted by Crippen LogP contribution is 2.24. The zero-order valence-corrected chi connectivity index (χ0v) is 21.3. The molecule has 0 saturated heterocycles. The monoisotopic (exact) mass is 432 g/mol. The Bertz CT molecular complexity index is 417. The van der Waals surface area contributed by atoms with Gasteiger partial charge in [0.15, 0.2) is 0 Å². The molecule has 0 aromatic carbocycles. The van der Waals surface area contributed by atoms with E-state index in [0.717, 1.165) is 32.1 Å². The standard InChI is InChI=1S/C30H56O/c1-2-3-4-5-6-7-8-9-10-11-12-13-15-18-21-24-27-30(31)28-25-22-19-16-14-17-20-23-26-29-30/h31H,2-23,25-26,28-29H2,1H3. The molecule has 1 rings (SSSR count). The number of hydrogen-bond donors (Lipinski definition) is 1. The topological polar surface area (TPSA) is 20.2 Å². The third-order valence-corrected chi connectivity index (χ3v) is 7.16. The highest BCUT2D eigenvalue weighted by molar-refractivity contribution is 5.13. The summed E-state index contributed by atoms with van der Waals surface area (Å²) < 4.78 is 0. The van der Waals surface area contributed by atoms with Gasteiger partial charge >= 0.3 is 0 Å². The van der Waals surface area contributed by atoms with Crippen molar-refractivity contribution < 1.29 is 5.11 Å². The maximum Gasteiger partial charge on any atom is 0.125 e. The van der Waals surface area contributed by atoms with E-state index < -0.39 is 5.60 Å². The molecular formula is C30H56O. The van der Waals surface area contributed by atoms with Gasteiger partial charge in [0.2, 0.25) is 0 Å². The second-order valence-corrected chi connectivity index (χ2v) is 10.4. The van der Waals surface area contributed by atoms with Crippen LogP contribution in [0.15, 0.2) is 0 Å². The predicted octanol–water partition coefficient (Wildman–Crippen LogP) is 9.90. The average molecular weight is 433 g/mol. The Morgan fingerprint density at radius 2 is 0.871 bits per heavy atom. The fraction of sp³-hybridized carbons (Fsp3) is 0.933. The van der Waals surface area contributed by atoms with Gasteiger partial charge in [-0.3, -0.25) is 0 Å². The van der Waals surface area contributed by atoms with Crippen LogP contribution >= 0.6 is 0 Å². The molecule has 0 amide bonds. The molecule has 0 aliphatic heterocycles. The van der Waals surface area contributed by atoms with Crippen LogP contribution in [-0.4, -0.2) is 10.7 Å². The number of aliphatic hydroxyl groups is 1. The molecule has 0 spiro atoms. The maximum absolute atomic E-state index is 11.0. The molecule has 0 aromatic rings. The van der Waals surface area contributed by atoms with E-state index in [4.69, 9.17) is 0 Å². The second kappa shape index (κ2) is 21.4. The van der Waals surface area contributed by atoms with Crippen LogP contribution < -0.4 is 0 Å². The molecule has 0 bridgehead atoms. The van der Waals surface area contributed by atoms with Gasteiger partial charge in [-0.1, -0.05) is 141 Å². The Morgan fingerprint density at radius 1 is 0.516 bits per heavy atom. The summed E-state index contributed by atoms with van der Waals surface area (Å²) in [4.78, 5) is 0. The Kier molecular flexibility index (Phi) is 19.7. The van der Waals surface area contributed by atoms with E-state index in [1.54, 1.807) is 0 Å². The van der Waals surface area contributed by atoms with Crippen molar-refractivity contribution in [2.45, 2.75) is 179 Å². The SMILES string of the molecule is CCCCCCCCCCCCCCCCC#CC1(O)CCCCCCCCCCC1. The Hall–Kier alpha value is -0.480. The molecule has 1 heteroatoms. The average Bonchev–Trinajstić information content (AvgIpc) is 2.76. The first-order chi connectivity index (χ1) is 15.3. The van der Waals surface area contributed by atoms with Crippen LogP contribution in [0.1, 0.15) is 174 Å². The summed E-state index contributed by atoms with van der Waals surface area (Å²) in [5.41, 5.74) is -0.699. The molecule has 0 radical (unpaired) electrons. The second-order valence-electron chi connectivity index (χ2n) is 10.4. The first-order valence-electron chi connectivity index (χ1n) is 14.5. The van der Waals surface area contributed by atoms with Crippen LogP contribution in [-0.2, 0) is 0 Å². The highest BCUT2D eigenvalue weighted by atomic mass is 16.3. The molecule has 0 heterocycles. The van der Waals surface area contributed by atoms with Gasteiger partial charge in [-0.2, -0.15) is 0 Å². The van der Waals surface area contributed by atoms with E-state index in [9.17, 15) is 5.11 Å². The molecule has 1 aliphatic rings. The molecule has 31 heavy (non-hydrogen) atoms. The van der Waals surface area contributed by atoms with Crippen molar-refractivity contribution in [2.24, 2.45) is 0 Å². The van der Waals surface area contributed by atoms with Gasteiger partial charge in [0, 0.05) is 6.42 Å². The van der Waals surface area contributed by atoms with Crippen molar-refractivity contribution in [1.29, 1.82) is 0 Å². The first kappa shape index (κ1) is 28.6. The molecular weight excluding hydrogens is 376 g/mol. The lowest BCUT2D eigenvalue weighted by Crippen LogP contribution is -2.26. The molecule has 1 aliphatic carbocycles. The molecule has 1 nitrogen and oxygen atoms in total. The van der Waals surface area contributed by atoms with Crippen molar-refractivity contribution in [3.05, 3.63) is 0 Å². The minimum atomic E-state index is -0.699. The maximum atomic E-state index is 11.0. The van der Waals surface area contributed by atoms with Gasteiger partial charge in [-0.15, -0.1) is 5.92 Å². The molecule has 1 fully saturated rings. The highest BCUT2D eigenvalue weighted by Gasteiger charge is 2.23. The third kappa shape index (κ3) is 18.8. The Balaban J connectivity index is 1.99. The summed E-state index contributed by atoms with van der Waals surface area (Å²) in [5, 5.41) is 11.0. The first-order valence-corrected chi connectivity index (χ1v) is 14.5. The largest absolute Gasteiger partial charge is 0.378 e. The van der Waals surface area contributed by atoms with Crippen LogP contribution in [0.4, 0.5) is 0 Å². The minimum absolute atomic E-state index is 0.699. The lowest BCUT2D eigenvalue weighted by molar-refractivity contribution is 0.0757. The van der Waals surface area contributed by atoms with Gasteiger partial charge in [0.05, 0.1) is 0 Å². The molecule has 0 aromatic heterocycles. The van der Waals surface area contributed by atoms with Crippen LogP contribution in [0.25, 0.3) is 0 Å². The zero-order valence-electron chi connectivity index (χ0n) is 21.3. The van der Waals surface area contributed by atoms with Crippen molar-refractivity contribution >= 4 is 0 Å². The van der Waals surface area contributed by atoms with Crippen LogP contribution in [0.3, 0.4) is 0 Å². The summed E-state index contributed by atoms with van der Waals surface area (Å²) in [6.45, 7) is 2.29. The van der Waals surface area contributed by atoms with Crippen molar-refractivity contribution in [1.82, 2.24) is 0 Å². The predicted molar refractivity (Wildman–Crippen MR) is 138 cm³/mol. The summed E-state index contributed by atoms with van der Waals surface area (Å²) in [5.74, 6) is 6.65. The Labute approximate surface area is 196 Å². The Morgan fingerprint density at radius 3 is 1.29 bits per heavy atom. The van der Waals surface area contributed by atoms with Crippen LogP contribution in [0.2, 0.25) is 0 Å². The summed E-state index contributed by atoms with van der Waals surface area (Å²) >= 11 is 0. The number of hydrogen-bond acceptors (Lipinski definition) is 1. The van der Waals surface area contributed by atoms with Crippen molar-refractivity contribution in [2.75, 3.05) is 0 Å². The summed E-state index contributed by atoms with van der Waals surface area (Å²) in [6, 6.07) is 0. The summed E-state index contributed by atoms with van der Waals surface area (Å²) in [6.07, 6.45) is 34.0. The van der Waals surface area contributed by atoms with E-state index in [2.05, 4.69) is 18.8 Å².